The van der Waals surface area contributed by atoms with E-state index in [1.165, 1.54) is 4.90 Å². The van der Waals surface area contributed by atoms with Crippen molar-refractivity contribution in [3.63, 3.8) is 0 Å². The Bertz CT molecular complexity index is 946. The molecule has 1 aliphatic rings. The van der Waals surface area contributed by atoms with Gasteiger partial charge in [-0.05, 0) is 30.2 Å². The van der Waals surface area contributed by atoms with Crippen LogP contribution in [0.3, 0.4) is 0 Å². The van der Waals surface area contributed by atoms with Crippen molar-refractivity contribution >= 4 is 35.0 Å². The van der Waals surface area contributed by atoms with Crippen LogP contribution in [0.15, 0.2) is 48.5 Å². The van der Waals surface area contributed by atoms with Gasteiger partial charge in [-0.3, -0.25) is 19.3 Å². The number of benzene rings is 2. The second-order valence-corrected chi connectivity index (χ2v) is 8.18. The summed E-state index contributed by atoms with van der Waals surface area (Å²) in [5.41, 5.74) is 2.44. The third-order valence-electron chi connectivity index (χ3n) is 5.17. The van der Waals surface area contributed by atoms with Crippen molar-refractivity contribution in [2.24, 2.45) is 5.92 Å². The van der Waals surface area contributed by atoms with Gasteiger partial charge in [-0.1, -0.05) is 61.8 Å². The number of carbonyl (C=O) groups excluding carboxylic acids is 3. The Hall–Kier alpha value is -2.86. The van der Waals surface area contributed by atoms with Gasteiger partial charge in [0.2, 0.25) is 17.7 Å². The maximum atomic E-state index is 13.0. The molecule has 0 aliphatic carbocycles. The molecule has 0 spiro atoms. The topological polar surface area (TPSA) is 60.9 Å². The summed E-state index contributed by atoms with van der Waals surface area (Å²) in [4.78, 5) is 42.8. The average molecular weight is 428 g/mol. The molecule has 7 heteroatoms. The monoisotopic (exact) mass is 427 g/mol. The van der Waals surface area contributed by atoms with Crippen LogP contribution in [0.25, 0.3) is 0 Å². The van der Waals surface area contributed by atoms with Crippen LogP contribution in [-0.2, 0) is 20.9 Å². The van der Waals surface area contributed by atoms with E-state index in [0.717, 1.165) is 11.1 Å². The van der Waals surface area contributed by atoms with Gasteiger partial charge in [-0.2, -0.15) is 0 Å². The molecule has 1 saturated heterocycles. The van der Waals surface area contributed by atoms with Crippen molar-refractivity contribution in [1.29, 1.82) is 0 Å². The highest BCUT2D eigenvalue weighted by atomic mass is 35.5. The first kappa shape index (κ1) is 21.8. The van der Waals surface area contributed by atoms with Crippen LogP contribution in [0, 0.1) is 12.8 Å². The molecule has 1 fully saturated rings. The Morgan fingerprint density at radius 3 is 2.47 bits per heavy atom. The molecule has 2 aromatic carbocycles. The fourth-order valence-corrected chi connectivity index (χ4v) is 3.63. The summed E-state index contributed by atoms with van der Waals surface area (Å²) in [5, 5.41) is 0.571. The van der Waals surface area contributed by atoms with E-state index in [4.69, 9.17) is 11.6 Å². The molecule has 0 aromatic heterocycles. The van der Waals surface area contributed by atoms with Gasteiger partial charge in [0.1, 0.15) is 19.8 Å². The minimum atomic E-state index is -0.254. The van der Waals surface area contributed by atoms with Gasteiger partial charge in [0.15, 0.2) is 0 Å². The second kappa shape index (κ2) is 9.30. The lowest BCUT2D eigenvalue weighted by Crippen LogP contribution is -2.43. The number of anilines is 1. The molecule has 30 heavy (non-hydrogen) atoms. The number of carbonyl (C=O) groups is 3. The zero-order valence-corrected chi connectivity index (χ0v) is 18.2. The maximum absolute atomic E-state index is 13.0. The fraction of sp³-hybridized carbons (Fsp3) is 0.348. The molecule has 6 nitrogen and oxygen atoms in total. The Balaban J connectivity index is 1.73. The van der Waals surface area contributed by atoms with Gasteiger partial charge in [0.25, 0.3) is 0 Å². The van der Waals surface area contributed by atoms with Crippen LogP contribution in [0.2, 0.25) is 5.02 Å². The minimum absolute atomic E-state index is 0.0141. The van der Waals surface area contributed by atoms with Gasteiger partial charge in [0.05, 0.1) is 0 Å². The lowest BCUT2D eigenvalue weighted by molar-refractivity contribution is -0.142. The quantitative estimate of drug-likeness (QED) is 0.709. The zero-order chi connectivity index (χ0) is 21.8. The first-order chi connectivity index (χ1) is 14.3. The summed E-state index contributed by atoms with van der Waals surface area (Å²) >= 11 is 6.19. The van der Waals surface area contributed by atoms with Crippen LogP contribution in [-0.4, -0.2) is 47.3 Å². The van der Waals surface area contributed by atoms with Gasteiger partial charge >= 0.3 is 0 Å². The lowest BCUT2D eigenvalue weighted by atomic mass is 10.1. The summed E-state index contributed by atoms with van der Waals surface area (Å²) in [6.07, 6.45) is 0. The number of hydrogen-bond donors (Lipinski definition) is 0. The lowest BCUT2D eigenvalue weighted by Gasteiger charge is -2.26. The van der Waals surface area contributed by atoms with Gasteiger partial charge < -0.3 is 9.80 Å². The molecular formula is C23H26ClN3O3. The molecule has 0 unspecified atom stereocenters. The highest BCUT2D eigenvalue weighted by Gasteiger charge is 2.34. The summed E-state index contributed by atoms with van der Waals surface area (Å²) in [7, 11) is 0. The standard InChI is InChI=1S/C23H26ClN3O3/c1-16(2)23(30)25(12-18-8-5-4-6-9-18)13-21(28)26-14-22(29)27(15-26)20-11-7-10-19(24)17(20)3/h4-11,16H,12-15H2,1-3H3. The predicted octanol–water partition coefficient (Wildman–Crippen LogP) is 3.47. The molecule has 1 heterocycles. The Morgan fingerprint density at radius 1 is 1.10 bits per heavy atom. The molecule has 2 aromatic rings. The van der Waals surface area contributed by atoms with Crippen molar-refractivity contribution in [2.75, 3.05) is 24.7 Å². The van der Waals surface area contributed by atoms with Crippen LogP contribution in [0.4, 0.5) is 5.69 Å². The van der Waals surface area contributed by atoms with E-state index in [9.17, 15) is 14.4 Å². The SMILES string of the molecule is Cc1c(Cl)cccc1N1CN(C(=O)CN(Cc2ccccc2)C(=O)C(C)C)CC1=O. The van der Waals surface area contributed by atoms with E-state index in [2.05, 4.69) is 0 Å². The third kappa shape index (κ3) is 4.82. The van der Waals surface area contributed by atoms with E-state index in [1.54, 1.807) is 21.9 Å². The number of hydrogen-bond acceptors (Lipinski definition) is 3. The van der Waals surface area contributed by atoms with Crippen LogP contribution < -0.4 is 4.90 Å². The maximum Gasteiger partial charge on any atom is 0.248 e. The van der Waals surface area contributed by atoms with E-state index in [1.807, 2.05) is 57.2 Å². The molecule has 0 atom stereocenters. The van der Waals surface area contributed by atoms with Crippen molar-refractivity contribution in [3.8, 4) is 0 Å². The molecule has 1 aliphatic heterocycles. The summed E-state index contributed by atoms with van der Waals surface area (Å²) in [6, 6.07) is 14.9. The molecule has 0 bridgehead atoms. The van der Waals surface area contributed by atoms with Crippen molar-refractivity contribution in [2.45, 2.75) is 27.3 Å². The first-order valence-electron chi connectivity index (χ1n) is 9.94. The average Bonchev–Trinajstić information content (AvgIpc) is 3.11. The predicted molar refractivity (Wildman–Crippen MR) is 117 cm³/mol. The molecule has 0 saturated carbocycles. The first-order valence-corrected chi connectivity index (χ1v) is 10.3. The largest absolute Gasteiger partial charge is 0.329 e. The van der Waals surface area contributed by atoms with E-state index >= 15 is 0 Å². The molecular weight excluding hydrogens is 402 g/mol. The molecule has 158 valence electrons. The number of halogens is 1. The summed E-state index contributed by atoms with van der Waals surface area (Å²) in [5.74, 6) is -0.749. The summed E-state index contributed by atoms with van der Waals surface area (Å²) in [6.45, 7) is 5.89. The van der Waals surface area contributed by atoms with Crippen molar-refractivity contribution in [3.05, 3.63) is 64.7 Å². The molecule has 3 rings (SSSR count). The Kier molecular flexibility index (Phi) is 6.77. The summed E-state index contributed by atoms with van der Waals surface area (Å²) < 4.78 is 0. The normalized spacial score (nSPS) is 13.8. The van der Waals surface area contributed by atoms with Gasteiger partial charge in [-0.15, -0.1) is 0 Å². The molecule has 0 radical (unpaired) electrons. The van der Waals surface area contributed by atoms with Gasteiger partial charge in [0, 0.05) is 23.2 Å². The number of amides is 3. The Labute approximate surface area is 182 Å². The smallest absolute Gasteiger partial charge is 0.248 e. The van der Waals surface area contributed by atoms with E-state index in [0.29, 0.717) is 17.3 Å². The van der Waals surface area contributed by atoms with Crippen LogP contribution in [0.1, 0.15) is 25.0 Å². The van der Waals surface area contributed by atoms with Gasteiger partial charge in [-0.25, -0.2) is 0 Å². The van der Waals surface area contributed by atoms with Crippen LogP contribution in [0.5, 0.6) is 0 Å². The number of rotatable bonds is 6. The zero-order valence-electron chi connectivity index (χ0n) is 17.5. The third-order valence-corrected chi connectivity index (χ3v) is 5.58. The van der Waals surface area contributed by atoms with E-state index < -0.39 is 0 Å². The second-order valence-electron chi connectivity index (χ2n) is 7.77. The Morgan fingerprint density at radius 2 is 1.80 bits per heavy atom. The van der Waals surface area contributed by atoms with Crippen molar-refractivity contribution < 1.29 is 14.4 Å². The van der Waals surface area contributed by atoms with E-state index in [-0.39, 0.29) is 43.4 Å². The molecule has 0 N–H and O–H groups in total. The number of nitrogens with zero attached hydrogens (tertiary/aromatic N) is 3. The molecule has 3 amide bonds. The fourth-order valence-electron chi connectivity index (χ4n) is 3.46. The highest BCUT2D eigenvalue weighted by molar-refractivity contribution is 6.31. The highest BCUT2D eigenvalue weighted by Crippen LogP contribution is 2.28. The minimum Gasteiger partial charge on any atom is -0.329 e. The van der Waals surface area contributed by atoms with Crippen LogP contribution >= 0.6 is 11.6 Å². The van der Waals surface area contributed by atoms with Crippen molar-refractivity contribution in [1.82, 2.24) is 9.80 Å².